The molecule has 0 aliphatic carbocycles. The minimum Gasteiger partial charge on any atom is -0.392 e. The Kier molecular flexibility index (Phi) is 4.73. The van der Waals surface area contributed by atoms with Gasteiger partial charge in [0.05, 0.1) is 12.3 Å². The van der Waals surface area contributed by atoms with Crippen molar-refractivity contribution in [1.82, 2.24) is 14.7 Å². The molecule has 1 aliphatic heterocycles. The summed E-state index contributed by atoms with van der Waals surface area (Å²) in [4.78, 5) is 2.02. The third-order valence-electron chi connectivity index (χ3n) is 4.40. The van der Waals surface area contributed by atoms with Gasteiger partial charge in [0.15, 0.2) is 0 Å². The smallest absolute Gasteiger partial charge is 0.128 e. The monoisotopic (exact) mass is 321 g/mol. The highest BCUT2D eigenvalue weighted by Gasteiger charge is 2.33. The summed E-state index contributed by atoms with van der Waals surface area (Å²) in [7, 11) is 0. The molecule has 3 rings (SSSR count). The number of benzene rings is 1. The Balaban J connectivity index is 1.73. The van der Waals surface area contributed by atoms with Crippen LogP contribution < -0.4 is 0 Å². The molecule has 23 heavy (non-hydrogen) atoms. The molecule has 0 spiro atoms. The Labute approximate surface area is 134 Å². The molecule has 1 saturated heterocycles. The summed E-state index contributed by atoms with van der Waals surface area (Å²) in [6.45, 7) is 3.99. The SMILES string of the molecule is CCn1cc(CCN2C[C@H](O)C[C@@H]2c2cc(F)ccc2F)cn1. The Morgan fingerprint density at radius 3 is 2.91 bits per heavy atom. The van der Waals surface area contributed by atoms with E-state index in [9.17, 15) is 13.9 Å². The highest BCUT2D eigenvalue weighted by molar-refractivity contribution is 5.24. The summed E-state index contributed by atoms with van der Waals surface area (Å²) in [5, 5.41) is 14.2. The highest BCUT2D eigenvalue weighted by Crippen LogP contribution is 2.34. The normalized spacial score (nSPS) is 21.9. The fourth-order valence-corrected chi connectivity index (χ4v) is 3.20. The van der Waals surface area contributed by atoms with Crippen molar-refractivity contribution in [3.05, 3.63) is 53.4 Å². The fourth-order valence-electron chi connectivity index (χ4n) is 3.20. The third-order valence-corrected chi connectivity index (χ3v) is 4.40. The number of hydrogen-bond donors (Lipinski definition) is 1. The molecule has 0 radical (unpaired) electrons. The molecule has 1 N–H and O–H groups in total. The van der Waals surface area contributed by atoms with E-state index >= 15 is 0 Å². The van der Waals surface area contributed by atoms with Crippen LogP contribution in [0.25, 0.3) is 0 Å². The van der Waals surface area contributed by atoms with Gasteiger partial charge in [-0.05, 0) is 43.5 Å². The number of aliphatic hydroxyl groups excluding tert-OH is 1. The van der Waals surface area contributed by atoms with E-state index in [4.69, 9.17) is 0 Å². The van der Waals surface area contributed by atoms with E-state index in [-0.39, 0.29) is 6.04 Å². The van der Waals surface area contributed by atoms with Crippen LogP contribution in [0, 0.1) is 11.6 Å². The van der Waals surface area contributed by atoms with Gasteiger partial charge >= 0.3 is 0 Å². The Morgan fingerprint density at radius 1 is 1.35 bits per heavy atom. The van der Waals surface area contributed by atoms with Gasteiger partial charge in [-0.2, -0.15) is 5.10 Å². The van der Waals surface area contributed by atoms with E-state index in [1.807, 2.05) is 28.9 Å². The molecule has 2 atom stereocenters. The molecule has 124 valence electrons. The van der Waals surface area contributed by atoms with E-state index in [0.717, 1.165) is 30.7 Å². The van der Waals surface area contributed by atoms with Crippen molar-refractivity contribution in [2.24, 2.45) is 0 Å². The molecule has 0 bridgehead atoms. The lowest BCUT2D eigenvalue weighted by molar-refractivity contribution is 0.175. The minimum absolute atomic E-state index is 0.290. The predicted molar refractivity (Wildman–Crippen MR) is 82.9 cm³/mol. The highest BCUT2D eigenvalue weighted by atomic mass is 19.1. The molecular formula is C17H21F2N3O. The average molecular weight is 321 g/mol. The van der Waals surface area contributed by atoms with Crippen LogP contribution in [0.2, 0.25) is 0 Å². The molecular weight excluding hydrogens is 300 g/mol. The van der Waals surface area contributed by atoms with Crippen molar-refractivity contribution in [2.75, 3.05) is 13.1 Å². The van der Waals surface area contributed by atoms with Crippen molar-refractivity contribution < 1.29 is 13.9 Å². The van der Waals surface area contributed by atoms with Gasteiger partial charge in [0.1, 0.15) is 11.6 Å². The molecule has 0 amide bonds. The fraction of sp³-hybridized carbons (Fsp3) is 0.471. The number of β-amino-alcohol motifs (C(OH)–C–C–N with tert-alkyl or cyclic N) is 1. The maximum absolute atomic E-state index is 14.0. The van der Waals surface area contributed by atoms with E-state index in [0.29, 0.717) is 25.1 Å². The van der Waals surface area contributed by atoms with E-state index < -0.39 is 17.7 Å². The van der Waals surface area contributed by atoms with E-state index in [2.05, 4.69) is 5.10 Å². The zero-order chi connectivity index (χ0) is 16.4. The van der Waals surface area contributed by atoms with Gasteiger partial charge in [-0.15, -0.1) is 0 Å². The quantitative estimate of drug-likeness (QED) is 0.920. The maximum Gasteiger partial charge on any atom is 0.128 e. The van der Waals surface area contributed by atoms with Gasteiger partial charge in [0.2, 0.25) is 0 Å². The maximum atomic E-state index is 14.0. The largest absolute Gasteiger partial charge is 0.392 e. The Hall–Kier alpha value is -1.79. The molecule has 4 nitrogen and oxygen atoms in total. The number of nitrogens with zero attached hydrogens (tertiary/aromatic N) is 3. The molecule has 1 aliphatic rings. The van der Waals surface area contributed by atoms with Crippen molar-refractivity contribution >= 4 is 0 Å². The second kappa shape index (κ2) is 6.76. The van der Waals surface area contributed by atoms with Gasteiger partial charge in [-0.3, -0.25) is 9.58 Å². The number of halogens is 2. The number of aliphatic hydroxyl groups is 1. The van der Waals surface area contributed by atoms with Crippen molar-refractivity contribution in [2.45, 2.75) is 38.5 Å². The van der Waals surface area contributed by atoms with Crippen LogP contribution in [0.5, 0.6) is 0 Å². The topological polar surface area (TPSA) is 41.3 Å². The Bertz CT molecular complexity index is 674. The number of aromatic nitrogens is 2. The lowest BCUT2D eigenvalue weighted by Crippen LogP contribution is -2.27. The van der Waals surface area contributed by atoms with Crippen LogP contribution in [0.15, 0.2) is 30.6 Å². The summed E-state index contributed by atoms with van der Waals surface area (Å²) in [5.74, 6) is -0.874. The molecule has 2 heterocycles. The summed E-state index contributed by atoms with van der Waals surface area (Å²) in [5.41, 5.74) is 1.43. The zero-order valence-electron chi connectivity index (χ0n) is 13.1. The summed E-state index contributed by atoms with van der Waals surface area (Å²) >= 11 is 0. The first-order valence-corrected chi connectivity index (χ1v) is 7.95. The van der Waals surface area contributed by atoms with Crippen molar-refractivity contribution in [3.8, 4) is 0 Å². The van der Waals surface area contributed by atoms with Crippen LogP contribution in [-0.4, -0.2) is 39.0 Å². The molecule has 2 aromatic rings. The first kappa shape index (κ1) is 16.1. The molecule has 1 aromatic carbocycles. The van der Waals surface area contributed by atoms with E-state index in [1.54, 1.807) is 0 Å². The third kappa shape index (κ3) is 3.59. The van der Waals surface area contributed by atoms with Gasteiger partial charge in [-0.1, -0.05) is 0 Å². The van der Waals surface area contributed by atoms with Gasteiger partial charge < -0.3 is 5.11 Å². The summed E-state index contributed by atoms with van der Waals surface area (Å²) in [6.07, 6.45) is 4.49. The minimum atomic E-state index is -0.513. The zero-order valence-corrected chi connectivity index (χ0v) is 13.1. The molecule has 0 saturated carbocycles. The predicted octanol–water partition coefficient (Wildman–Crippen LogP) is 2.53. The van der Waals surface area contributed by atoms with Crippen LogP contribution in [-0.2, 0) is 13.0 Å². The molecule has 0 unspecified atom stereocenters. The average Bonchev–Trinajstić information content (AvgIpc) is 3.13. The van der Waals surface area contributed by atoms with Crippen LogP contribution in [0.1, 0.15) is 30.5 Å². The summed E-state index contributed by atoms with van der Waals surface area (Å²) < 4.78 is 29.4. The number of hydrogen-bond acceptors (Lipinski definition) is 3. The number of rotatable bonds is 5. The Morgan fingerprint density at radius 2 is 2.17 bits per heavy atom. The van der Waals surface area contributed by atoms with Crippen LogP contribution >= 0.6 is 0 Å². The lowest BCUT2D eigenvalue weighted by atomic mass is 10.0. The molecule has 6 heteroatoms. The lowest BCUT2D eigenvalue weighted by Gasteiger charge is -2.24. The summed E-state index contributed by atoms with van der Waals surface area (Å²) in [6, 6.07) is 3.22. The van der Waals surface area contributed by atoms with Crippen molar-refractivity contribution in [3.63, 3.8) is 0 Å². The van der Waals surface area contributed by atoms with Crippen LogP contribution in [0.3, 0.4) is 0 Å². The van der Waals surface area contributed by atoms with Crippen molar-refractivity contribution in [1.29, 1.82) is 0 Å². The van der Waals surface area contributed by atoms with Gasteiger partial charge in [0, 0.05) is 37.4 Å². The standard InChI is InChI=1S/C17H21F2N3O/c1-2-22-10-12(9-20-22)5-6-21-11-14(23)8-17(21)15-7-13(18)3-4-16(15)19/h3-4,7,9-10,14,17,23H,2,5-6,8,11H2,1H3/t14-,17-/m1/s1. The number of aryl methyl sites for hydroxylation is 1. The first-order chi connectivity index (χ1) is 11.1. The van der Waals surface area contributed by atoms with E-state index in [1.165, 1.54) is 6.07 Å². The van der Waals surface area contributed by atoms with Gasteiger partial charge in [0.25, 0.3) is 0 Å². The number of likely N-dealkylation sites (tertiary alicyclic amines) is 1. The molecule has 1 fully saturated rings. The first-order valence-electron chi connectivity index (χ1n) is 7.95. The second-order valence-electron chi connectivity index (χ2n) is 6.02. The molecule has 1 aromatic heterocycles. The second-order valence-corrected chi connectivity index (χ2v) is 6.02. The van der Waals surface area contributed by atoms with Crippen LogP contribution in [0.4, 0.5) is 8.78 Å². The van der Waals surface area contributed by atoms with Gasteiger partial charge in [-0.25, -0.2) is 8.78 Å².